The van der Waals surface area contributed by atoms with E-state index in [0.29, 0.717) is 13.1 Å². The van der Waals surface area contributed by atoms with Gasteiger partial charge in [0.15, 0.2) is 0 Å². The van der Waals surface area contributed by atoms with E-state index < -0.39 is 17.8 Å². The first kappa shape index (κ1) is 15.2. The van der Waals surface area contributed by atoms with Crippen molar-refractivity contribution in [3.8, 4) is 0 Å². The van der Waals surface area contributed by atoms with Gasteiger partial charge in [-0.3, -0.25) is 5.43 Å². The summed E-state index contributed by atoms with van der Waals surface area (Å²) in [5.41, 5.74) is 2.39. The number of hydrogen-bond donors (Lipinski definition) is 3. The second-order valence-electron chi connectivity index (χ2n) is 4.86. The summed E-state index contributed by atoms with van der Waals surface area (Å²) in [6.07, 6.45) is 0. The second kappa shape index (κ2) is 6.51. The molecule has 3 N–H and O–H groups in total. The normalized spacial score (nSPS) is 16.5. The summed E-state index contributed by atoms with van der Waals surface area (Å²) in [5.74, 6) is -2.01. The molecule has 2 rings (SSSR count). The van der Waals surface area contributed by atoms with Crippen LogP contribution in [0.4, 0.5) is 14.9 Å². The molecule has 21 heavy (non-hydrogen) atoms. The minimum atomic E-state index is -1.22. The third kappa shape index (κ3) is 4.14. The molecule has 0 radical (unpaired) electrons. The standard InChI is InChI=1S/C13H17FN4O3/c1-17-4-6-18(7-5-17)16-13(21)15-11-3-2-9(12(19)20)8-10(11)14/h2-3,8H,4-7H2,1H3,(H,19,20)(H2,15,16,21). The van der Waals surface area contributed by atoms with Crippen molar-refractivity contribution >= 4 is 17.7 Å². The van der Waals surface area contributed by atoms with E-state index in [-0.39, 0.29) is 11.3 Å². The molecule has 0 spiro atoms. The zero-order valence-corrected chi connectivity index (χ0v) is 11.6. The average Bonchev–Trinajstić information content (AvgIpc) is 2.43. The number of benzene rings is 1. The van der Waals surface area contributed by atoms with E-state index in [1.165, 1.54) is 12.1 Å². The Morgan fingerprint density at radius 3 is 2.48 bits per heavy atom. The zero-order valence-electron chi connectivity index (χ0n) is 11.6. The van der Waals surface area contributed by atoms with Crippen LogP contribution in [0.5, 0.6) is 0 Å². The van der Waals surface area contributed by atoms with E-state index in [2.05, 4.69) is 15.6 Å². The predicted molar refractivity (Wildman–Crippen MR) is 74.6 cm³/mol. The largest absolute Gasteiger partial charge is 0.478 e. The smallest absolute Gasteiger partial charge is 0.335 e. The van der Waals surface area contributed by atoms with Gasteiger partial charge in [0.05, 0.1) is 11.3 Å². The third-order valence-corrected chi connectivity index (χ3v) is 3.23. The van der Waals surface area contributed by atoms with E-state index in [9.17, 15) is 14.0 Å². The van der Waals surface area contributed by atoms with Gasteiger partial charge in [-0.15, -0.1) is 0 Å². The lowest BCUT2D eigenvalue weighted by Crippen LogP contribution is -2.53. The number of nitrogens with zero attached hydrogens (tertiary/aromatic N) is 2. The summed E-state index contributed by atoms with van der Waals surface area (Å²) < 4.78 is 13.7. The van der Waals surface area contributed by atoms with Crippen LogP contribution in [0.15, 0.2) is 18.2 Å². The van der Waals surface area contributed by atoms with Crippen LogP contribution in [0.25, 0.3) is 0 Å². The van der Waals surface area contributed by atoms with Crippen molar-refractivity contribution in [3.63, 3.8) is 0 Å². The van der Waals surface area contributed by atoms with Gasteiger partial charge in [0.1, 0.15) is 5.82 Å². The van der Waals surface area contributed by atoms with Crippen molar-refractivity contribution in [3.05, 3.63) is 29.6 Å². The molecular formula is C13H17FN4O3. The summed E-state index contributed by atoms with van der Waals surface area (Å²) in [7, 11) is 2.00. The van der Waals surface area contributed by atoms with Crippen molar-refractivity contribution < 1.29 is 19.1 Å². The lowest BCUT2D eigenvalue weighted by Gasteiger charge is -2.32. The first-order valence-electron chi connectivity index (χ1n) is 6.49. The van der Waals surface area contributed by atoms with Gasteiger partial charge in [0.2, 0.25) is 0 Å². The van der Waals surface area contributed by atoms with Crippen molar-refractivity contribution in [1.82, 2.24) is 15.3 Å². The van der Waals surface area contributed by atoms with Gasteiger partial charge in [-0.25, -0.2) is 19.0 Å². The first-order chi connectivity index (χ1) is 9.95. The lowest BCUT2D eigenvalue weighted by atomic mass is 10.2. The Balaban J connectivity index is 1.92. The van der Waals surface area contributed by atoms with Crippen LogP contribution in [0, 0.1) is 5.82 Å². The first-order valence-corrected chi connectivity index (χ1v) is 6.49. The van der Waals surface area contributed by atoms with Crippen LogP contribution in [0.1, 0.15) is 10.4 Å². The molecule has 0 atom stereocenters. The molecule has 114 valence electrons. The fraction of sp³-hybridized carbons (Fsp3) is 0.385. The summed E-state index contributed by atoms with van der Waals surface area (Å²) in [5, 5.41) is 12.9. The van der Waals surface area contributed by atoms with Gasteiger partial charge in [-0.2, -0.15) is 0 Å². The highest BCUT2D eigenvalue weighted by atomic mass is 19.1. The van der Waals surface area contributed by atoms with Crippen LogP contribution >= 0.6 is 0 Å². The third-order valence-electron chi connectivity index (χ3n) is 3.23. The van der Waals surface area contributed by atoms with Gasteiger partial charge < -0.3 is 15.3 Å². The Labute approximate surface area is 121 Å². The highest BCUT2D eigenvalue weighted by Gasteiger charge is 2.16. The van der Waals surface area contributed by atoms with Crippen molar-refractivity contribution in [2.75, 3.05) is 38.5 Å². The number of halogens is 1. The Hall–Kier alpha value is -2.19. The zero-order chi connectivity index (χ0) is 15.4. The fourth-order valence-corrected chi connectivity index (χ4v) is 1.96. The number of carbonyl (C=O) groups excluding carboxylic acids is 1. The molecule has 7 nitrogen and oxygen atoms in total. The average molecular weight is 296 g/mol. The second-order valence-corrected chi connectivity index (χ2v) is 4.86. The summed E-state index contributed by atoms with van der Waals surface area (Å²) in [6, 6.07) is 2.77. The molecule has 2 amide bonds. The molecule has 1 saturated heterocycles. The summed E-state index contributed by atoms with van der Waals surface area (Å²) >= 11 is 0. The number of likely N-dealkylation sites (N-methyl/N-ethyl adjacent to an activating group) is 1. The van der Waals surface area contributed by atoms with Crippen LogP contribution in [-0.4, -0.2) is 60.2 Å². The van der Waals surface area contributed by atoms with Crippen molar-refractivity contribution in [2.24, 2.45) is 0 Å². The maximum atomic E-state index is 13.7. The number of carbonyl (C=O) groups is 2. The predicted octanol–water partition coefficient (Wildman–Crippen LogP) is 0.808. The molecule has 1 aliphatic heterocycles. The maximum Gasteiger partial charge on any atom is 0.335 e. The van der Waals surface area contributed by atoms with E-state index >= 15 is 0 Å². The number of piperazine rings is 1. The molecule has 1 aliphatic rings. The van der Waals surface area contributed by atoms with Crippen molar-refractivity contribution in [2.45, 2.75) is 0 Å². The Morgan fingerprint density at radius 1 is 1.24 bits per heavy atom. The fourth-order valence-electron chi connectivity index (χ4n) is 1.96. The quantitative estimate of drug-likeness (QED) is 0.768. The summed E-state index contributed by atoms with van der Waals surface area (Å²) in [4.78, 5) is 24.6. The summed E-state index contributed by atoms with van der Waals surface area (Å²) in [6.45, 7) is 3.04. The topological polar surface area (TPSA) is 84.9 Å². The van der Waals surface area contributed by atoms with E-state index in [0.717, 1.165) is 19.2 Å². The molecule has 1 fully saturated rings. The molecule has 0 unspecified atom stereocenters. The van der Waals surface area contributed by atoms with Gasteiger partial charge in [-0.05, 0) is 25.2 Å². The minimum absolute atomic E-state index is 0.0633. The number of amides is 2. The Bertz CT molecular complexity index is 544. The number of rotatable bonds is 3. The van der Waals surface area contributed by atoms with E-state index in [1.807, 2.05) is 7.05 Å². The van der Waals surface area contributed by atoms with E-state index in [4.69, 9.17) is 5.11 Å². The van der Waals surface area contributed by atoms with Crippen molar-refractivity contribution in [1.29, 1.82) is 0 Å². The number of aromatic carboxylic acids is 1. The van der Waals surface area contributed by atoms with Crippen LogP contribution in [-0.2, 0) is 0 Å². The van der Waals surface area contributed by atoms with Crippen LogP contribution < -0.4 is 10.7 Å². The molecule has 8 heteroatoms. The van der Waals surface area contributed by atoms with Gasteiger partial charge in [0, 0.05) is 26.2 Å². The highest BCUT2D eigenvalue weighted by molar-refractivity contribution is 5.91. The molecule has 0 aliphatic carbocycles. The van der Waals surface area contributed by atoms with E-state index in [1.54, 1.807) is 5.01 Å². The number of urea groups is 1. The Kier molecular flexibility index (Phi) is 4.71. The Morgan fingerprint density at radius 2 is 1.90 bits per heavy atom. The lowest BCUT2D eigenvalue weighted by molar-refractivity contribution is 0.0696. The minimum Gasteiger partial charge on any atom is -0.478 e. The molecule has 1 aromatic carbocycles. The molecule has 0 bridgehead atoms. The monoisotopic (exact) mass is 296 g/mol. The van der Waals surface area contributed by atoms with Gasteiger partial charge >= 0.3 is 12.0 Å². The molecule has 1 aromatic rings. The van der Waals surface area contributed by atoms with Crippen LogP contribution in [0.3, 0.4) is 0 Å². The molecular weight excluding hydrogens is 279 g/mol. The number of carboxylic acid groups (broad SMARTS) is 1. The number of nitrogens with one attached hydrogen (secondary N) is 2. The molecule has 0 aromatic heterocycles. The molecule has 1 heterocycles. The van der Waals surface area contributed by atoms with Crippen LogP contribution in [0.2, 0.25) is 0 Å². The SMILES string of the molecule is CN1CCN(NC(=O)Nc2ccc(C(=O)O)cc2F)CC1. The highest BCUT2D eigenvalue weighted by Crippen LogP contribution is 2.15. The maximum absolute atomic E-state index is 13.7. The number of hydrogen-bond acceptors (Lipinski definition) is 4. The molecule has 0 saturated carbocycles. The van der Waals surface area contributed by atoms with Gasteiger partial charge in [0.25, 0.3) is 0 Å². The number of anilines is 1. The number of hydrazine groups is 1. The van der Waals surface area contributed by atoms with Gasteiger partial charge in [-0.1, -0.05) is 0 Å². The number of carboxylic acids is 1.